The summed E-state index contributed by atoms with van der Waals surface area (Å²) < 4.78 is 0. The Morgan fingerprint density at radius 3 is 2.82 bits per heavy atom. The van der Waals surface area contributed by atoms with E-state index in [1.807, 2.05) is 0 Å². The lowest BCUT2D eigenvalue weighted by molar-refractivity contribution is 0.100. The summed E-state index contributed by atoms with van der Waals surface area (Å²) >= 11 is 0. The van der Waals surface area contributed by atoms with Crippen LogP contribution in [0.4, 0.5) is 0 Å². The topological polar surface area (TPSA) is 43.1 Å². The van der Waals surface area contributed by atoms with E-state index in [1.165, 1.54) is 0 Å². The van der Waals surface area contributed by atoms with E-state index in [0.717, 1.165) is 5.56 Å². The summed E-state index contributed by atoms with van der Waals surface area (Å²) in [6.45, 7) is 3.45. The van der Waals surface area contributed by atoms with Gasteiger partial charge in [-0.3, -0.25) is 4.79 Å². The lowest BCUT2D eigenvalue weighted by Gasteiger charge is -1.95. The zero-order valence-corrected chi connectivity index (χ0v) is 6.00. The van der Waals surface area contributed by atoms with Crippen LogP contribution in [0.15, 0.2) is 30.8 Å². The van der Waals surface area contributed by atoms with Crippen molar-refractivity contribution in [3.63, 3.8) is 0 Å². The standard InChI is InChI=1S/C9H8NO/c1-2-7-4-3-5-8(6-7)9(10)11/h3-6H,1H2,(H2,10,11). The quantitative estimate of drug-likeness (QED) is 0.667. The molecule has 0 fully saturated rings. The largest absolute Gasteiger partial charge is 0.366 e. The maximum atomic E-state index is 10.6. The molecular formula is C9H8NO. The van der Waals surface area contributed by atoms with Crippen LogP contribution in [0.25, 0.3) is 0 Å². The fraction of sp³-hybridized carbons (Fsp3) is 0. The van der Waals surface area contributed by atoms with Gasteiger partial charge in [0, 0.05) is 5.56 Å². The minimum absolute atomic E-state index is 0.429. The third kappa shape index (κ3) is 1.67. The maximum Gasteiger partial charge on any atom is 0.248 e. The number of nitrogens with two attached hydrogens (primary N) is 1. The van der Waals surface area contributed by atoms with Crippen molar-refractivity contribution < 1.29 is 4.79 Å². The summed E-state index contributed by atoms with van der Waals surface area (Å²) in [7, 11) is 0. The Labute approximate surface area is 65.3 Å². The number of benzene rings is 1. The van der Waals surface area contributed by atoms with Crippen LogP contribution in [0.3, 0.4) is 0 Å². The molecule has 0 saturated carbocycles. The fourth-order valence-electron chi connectivity index (χ4n) is 0.782. The zero-order chi connectivity index (χ0) is 8.27. The van der Waals surface area contributed by atoms with Crippen LogP contribution in [0.5, 0.6) is 0 Å². The summed E-state index contributed by atoms with van der Waals surface area (Å²) in [4.78, 5) is 10.6. The molecule has 0 unspecified atom stereocenters. The van der Waals surface area contributed by atoms with Crippen molar-refractivity contribution in [2.45, 2.75) is 0 Å². The molecule has 1 aromatic rings. The predicted molar refractivity (Wildman–Crippen MR) is 42.9 cm³/mol. The molecule has 11 heavy (non-hydrogen) atoms. The molecule has 0 aromatic heterocycles. The molecule has 0 saturated heterocycles. The Hall–Kier alpha value is -1.57. The molecule has 0 heterocycles. The van der Waals surface area contributed by atoms with Crippen molar-refractivity contribution in [1.82, 2.24) is 0 Å². The molecule has 1 radical (unpaired) electrons. The highest BCUT2D eigenvalue weighted by molar-refractivity contribution is 5.92. The van der Waals surface area contributed by atoms with Crippen LogP contribution in [0.1, 0.15) is 15.9 Å². The van der Waals surface area contributed by atoms with Crippen molar-refractivity contribution in [3.05, 3.63) is 48.0 Å². The minimum atomic E-state index is -0.429. The van der Waals surface area contributed by atoms with E-state index in [4.69, 9.17) is 5.73 Å². The molecule has 0 spiro atoms. The Kier molecular flexibility index (Phi) is 2.06. The van der Waals surface area contributed by atoms with Gasteiger partial charge in [-0.15, -0.1) is 0 Å². The molecule has 0 atom stereocenters. The molecule has 2 heteroatoms. The van der Waals surface area contributed by atoms with Crippen LogP contribution < -0.4 is 5.73 Å². The molecule has 0 aliphatic rings. The first-order valence-electron chi connectivity index (χ1n) is 3.17. The van der Waals surface area contributed by atoms with E-state index in [-0.39, 0.29) is 0 Å². The van der Waals surface area contributed by atoms with E-state index in [1.54, 1.807) is 24.3 Å². The van der Waals surface area contributed by atoms with Gasteiger partial charge in [0.15, 0.2) is 0 Å². The lowest BCUT2D eigenvalue weighted by Crippen LogP contribution is -2.10. The number of carbonyl (C=O) groups is 1. The van der Waals surface area contributed by atoms with Gasteiger partial charge in [-0.25, -0.2) is 0 Å². The van der Waals surface area contributed by atoms with Crippen molar-refractivity contribution in [1.29, 1.82) is 0 Å². The molecule has 2 nitrogen and oxygen atoms in total. The normalized spacial score (nSPS) is 9.09. The number of primary amides is 1. The van der Waals surface area contributed by atoms with Crippen LogP contribution in [-0.2, 0) is 0 Å². The van der Waals surface area contributed by atoms with Crippen molar-refractivity contribution >= 4 is 5.91 Å². The maximum absolute atomic E-state index is 10.6. The van der Waals surface area contributed by atoms with Gasteiger partial charge >= 0.3 is 0 Å². The van der Waals surface area contributed by atoms with Gasteiger partial charge in [0.2, 0.25) is 5.91 Å². The minimum Gasteiger partial charge on any atom is -0.366 e. The Morgan fingerprint density at radius 1 is 1.55 bits per heavy atom. The number of hydrogen-bond acceptors (Lipinski definition) is 1. The van der Waals surface area contributed by atoms with Crippen LogP contribution in [0.2, 0.25) is 0 Å². The Morgan fingerprint density at radius 2 is 2.27 bits per heavy atom. The van der Waals surface area contributed by atoms with Crippen LogP contribution in [-0.4, -0.2) is 5.91 Å². The highest BCUT2D eigenvalue weighted by Crippen LogP contribution is 2.03. The summed E-state index contributed by atoms with van der Waals surface area (Å²) in [5.74, 6) is -0.429. The summed E-state index contributed by atoms with van der Waals surface area (Å²) in [6.07, 6.45) is 2.66. The average molecular weight is 146 g/mol. The highest BCUT2D eigenvalue weighted by Gasteiger charge is 1.97. The Bertz CT molecular complexity index is 291. The Balaban J connectivity index is 3.10. The van der Waals surface area contributed by atoms with Gasteiger partial charge in [-0.2, -0.15) is 0 Å². The van der Waals surface area contributed by atoms with Gasteiger partial charge in [-0.05, 0) is 23.8 Å². The third-order valence-corrected chi connectivity index (χ3v) is 1.35. The van der Waals surface area contributed by atoms with Gasteiger partial charge in [0.1, 0.15) is 0 Å². The molecular weight excluding hydrogens is 138 g/mol. The van der Waals surface area contributed by atoms with Crippen LogP contribution in [0, 0.1) is 6.08 Å². The third-order valence-electron chi connectivity index (χ3n) is 1.35. The zero-order valence-electron chi connectivity index (χ0n) is 6.00. The fourth-order valence-corrected chi connectivity index (χ4v) is 0.782. The second-order valence-electron chi connectivity index (χ2n) is 2.12. The van der Waals surface area contributed by atoms with Crippen molar-refractivity contribution in [3.8, 4) is 0 Å². The number of carbonyl (C=O) groups excluding carboxylic acids is 1. The lowest BCUT2D eigenvalue weighted by atomic mass is 10.1. The van der Waals surface area contributed by atoms with E-state index in [9.17, 15) is 4.79 Å². The number of amides is 1. The van der Waals surface area contributed by atoms with E-state index in [2.05, 4.69) is 12.7 Å². The first-order chi connectivity index (χ1) is 5.24. The monoisotopic (exact) mass is 146 g/mol. The van der Waals surface area contributed by atoms with E-state index in [0.29, 0.717) is 5.56 Å². The van der Waals surface area contributed by atoms with Crippen molar-refractivity contribution in [2.24, 2.45) is 5.73 Å². The van der Waals surface area contributed by atoms with Crippen molar-refractivity contribution in [2.75, 3.05) is 0 Å². The molecule has 1 aromatic carbocycles. The average Bonchev–Trinajstić information content (AvgIpc) is 2.05. The molecule has 0 bridgehead atoms. The van der Waals surface area contributed by atoms with E-state index < -0.39 is 5.91 Å². The van der Waals surface area contributed by atoms with Gasteiger partial charge in [0.25, 0.3) is 0 Å². The van der Waals surface area contributed by atoms with Gasteiger partial charge in [0.05, 0.1) is 0 Å². The summed E-state index contributed by atoms with van der Waals surface area (Å²) in [5, 5.41) is 0. The number of rotatable bonds is 2. The molecule has 0 aliphatic heterocycles. The van der Waals surface area contributed by atoms with E-state index >= 15 is 0 Å². The molecule has 1 amide bonds. The SMILES string of the molecule is C=[C]c1cccc(C(N)=O)c1. The summed E-state index contributed by atoms with van der Waals surface area (Å²) in [6, 6.07) is 6.85. The molecule has 2 N–H and O–H groups in total. The smallest absolute Gasteiger partial charge is 0.248 e. The molecule has 55 valence electrons. The number of hydrogen-bond donors (Lipinski definition) is 1. The first-order valence-corrected chi connectivity index (χ1v) is 3.17. The molecule has 1 rings (SSSR count). The van der Waals surface area contributed by atoms with Crippen LogP contribution >= 0.6 is 0 Å². The second kappa shape index (κ2) is 3.01. The highest BCUT2D eigenvalue weighted by atomic mass is 16.1. The first kappa shape index (κ1) is 7.54. The van der Waals surface area contributed by atoms with Gasteiger partial charge < -0.3 is 5.73 Å². The second-order valence-corrected chi connectivity index (χ2v) is 2.12. The predicted octanol–water partition coefficient (Wildman–Crippen LogP) is 1.12. The van der Waals surface area contributed by atoms with Gasteiger partial charge in [-0.1, -0.05) is 18.7 Å². The molecule has 0 aliphatic carbocycles. The summed E-state index contributed by atoms with van der Waals surface area (Å²) in [5.41, 5.74) is 6.31.